The number of para-hydroxylation sites is 1. The van der Waals surface area contributed by atoms with Gasteiger partial charge in [0.15, 0.2) is 5.72 Å². The molecule has 0 saturated carbocycles. The van der Waals surface area contributed by atoms with E-state index in [9.17, 15) is 9.59 Å². The second-order valence-corrected chi connectivity index (χ2v) is 8.64. The summed E-state index contributed by atoms with van der Waals surface area (Å²) in [6.07, 6.45) is 2.50. The summed E-state index contributed by atoms with van der Waals surface area (Å²) in [4.78, 5) is 27.3. The fraction of sp³-hybridized carbons (Fsp3) is 0.304. The number of ether oxygens (including phenoxy) is 1. The third-order valence-electron chi connectivity index (χ3n) is 6.36. The number of aromatic nitrogens is 1. The van der Waals surface area contributed by atoms with E-state index in [0.29, 0.717) is 30.3 Å². The molecule has 3 atom stereocenters. The van der Waals surface area contributed by atoms with E-state index in [1.807, 2.05) is 61.7 Å². The molecule has 5 rings (SSSR count). The minimum Gasteiger partial charge on any atom is -0.468 e. The zero-order chi connectivity index (χ0) is 21.0. The lowest BCUT2D eigenvalue weighted by Gasteiger charge is -2.52. The average Bonchev–Trinajstić information content (AvgIpc) is 3.09. The molecule has 1 aromatic heterocycles. The fourth-order valence-corrected chi connectivity index (χ4v) is 5.10. The van der Waals surface area contributed by atoms with Gasteiger partial charge in [0, 0.05) is 42.2 Å². The molecule has 2 N–H and O–H groups in total. The van der Waals surface area contributed by atoms with Crippen molar-refractivity contribution in [1.82, 2.24) is 9.47 Å². The maximum absolute atomic E-state index is 13.4. The summed E-state index contributed by atoms with van der Waals surface area (Å²) in [6.45, 7) is 2.85. The molecular formula is C23H22ClN3O3. The number of piperidine rings is 1. The van der Waals surface area contributed by atoms with Crippen LogP contribution in [0.2, 0.25) is 5.02 Å². The van der Waals surface area contributed by atoms with Crippen LogP contribution in [0.5, 0.6) is 5.75 Å². The molecule has 1 saturated heterocycles. The number of likely N-dealkylation sites (tertiary alicyclic amines) is 1. The number of benzene rings is 2. The van der Waals surface area contributed by atoms with E-state index in [-0.39, 0.29) is 11.8 Å². The van der Waals surface area contributed by atoms with Crippen molar-refractivity contribution >= 4 is 34.3 Å². The molecule has 7 heteroatoms. The maximum Gasteiger partial charge on any atom is 0.238 e. The van der Waals surface area contributed by atoms with Gasteiger partial charge in [-0.1, -0.05) is 35.9 Å². The Kier molecular flexibility index (Phi) is 4.29. The van der Waals surface area contributed by atoms with Crippen LogP contribution in [0.3, 0.4) is 0 Å². The summed E-state index contributed by atoms with van der Waals surface area (Å²) in [6, 6.07) is 15.3. The molecule has 2 aliphatic rings. The van der Waals surface area contributed by atoms with E-state index in [1.165, 1.54) is 0 Å². The van der Waals surface area contributed by atoms with Gasteiger partial charge in [-0.2, -0.15) is 0 Å². The van der Waals surface area contributed by atoms with Crippen LogP contribution >= 0.6 is 11.6 Å². The van der Waals surface area contributed by atoms with Crippen LogP contribution in [0, 0.1) is 5.92 Å². The Morgan fingerprint density at radius 1 is 1.23 bits per heavy atom. The SMILES string of the molecule is C[C@@]12C[C@@H](c3ccccc3O1)[C@@H](C(N)=O)C(=O)N2CCn1ccc2ccc(Cl)cc21. The van der Waals surface area contributed by atoms with Gasteiger partial charge in [-0.05, 0) is 42.1 Å². The van der Waals surface area contributed by atoms with E-state index in [1.54, 1.807) is 4.90 Å². The van der Waals surface area contributed by atoms with Gasteiger partial charge in [0.25, 0.3) is 0 Å². The van der Waals surface area contributed by atoms with Crippen molar-refractivity contribution in [1.29, 1.82) is 0 Å². The van der Waals surface area contributed by atoms with Gasteiger partial charge in [0.2, 0.25) is 11.8 Å². The second-order valence-electron chi connectivity index (χ2n) is 8.21. The van der Waals surface area contributed by atoms with Gasteiger partial charge in [-0.15, -0.1) is 0 Å². The van der Waals surface area contributed by atoms with E-state index < -0.39 is 17.6 Å². The average molecular weight is 424 g/mol. The molecular weight excluding hydrogens is 402 g/mol. The minimum atomic E-state index is -0.890. The normalized spacial score (nSPS) is 25.1. The molecule has 2 aliphatic heterocycles. The van der Waals surface area contributed by atoms with Crippen LogP contribution in [0.1, 0.15) is 24.8 Å². The highest BCUT2D eigenvalue weighted by Crippen LogP contribution is 2.49. The van der Waals surface area contributed by atoms with Crippen molar-refractivity contribution < 1.29 is 14.3 Å². The highest BCUT2D eigenvalue weighted by atomic mass is 35.5. The quantitative estimate of drug-likeness (QED) is 0.652. The van der Waals surface area contributed by atoms with Gasteiger partial charge in [0.05, 0.1) is 0 Å². The number of halogens is 1. The predicted molar refractivity (Wildman–Crippen MR) is 114 cm³/mol. The van der Waals surface area contributed by atoms with Crippen molar-refractivity contribution in [2.24, 2.45) is 11.7 Å². The van der Waals surface area contributed by atoms with Crippen molar-refractivity contribution in [3.05, 3.63) is 65.3 Å². The Bertz CT molecular complexity index is 1170. The standard InChI is InChI=1S/C23H22ClN3O3/c1-23-13-17(16-4-2-3-5-19(16)30-23)20(21(25)28)22(29)27(23)11-10-26-9-8-14-6-7-15(24)12-18(14)26/h2-9,12,17,20H,10-11,13H2,1H3,(H2,25,28)/t17-,20-,23-/m0/s1. The first-order chi connectivity index (χ1) is 14.4. The van der Waals surface area contributed by atoms with Crippen LogP contribution in [0.15, 0.2) is 54.7 Å². The number of nitrogens with two attached hydrogens (primary N) is 1. The van der Waals surface area contributed by atoms with E-state index >= 15 is 0 Å². The molecule has 2 bridgehead atoms. The zero-order valence-corrected chi connectivity index (χ0v) is 17.3. The number of hydrogen-bond acceptors (Lipinski definition) is 3. The Labute approximate surface area is 179 Å². The van der Waals surface area contributed by atoms with Crippen LogP contribution in [0.25, 0.3) is 10.9 Å². The predicted octanol–water partition coefficient (Wildman–Crippen LogP) is 3.52. The molecule has 0 spiro atoms. The molecule has 30 heavy (non-hydrogen) atoms. The van der Waals surface area contributed by atoms with Crippen molar-refractivity contribution in [2.45, 2.75) is 31.5 Å². The van der Waals surface area contributed by atoms with Crippen LogP contribution in [-0.2, 0) is 16.1 Å². The number of amides is 2. The summed E-state index contributed by atoms with van der Waals surface area (Å²) in [5.41, 5.74) is 6.73. The first-order valence-electron chi connectivity index (χ1n) is 10.0. The Hall–Kier alpha value is -2.99. The Morgan fingerprint density at radius 2 is 2.03 bits per heavy atom. The monoisotopic (exact) mass is 423 g/mol. The smallest absolute Gasteiger partial charge is 0.238 e. The number of primary amides is 1. The number of hydrogen-bond donors (Lipinski definition) is 1. The highest BCUT2D eigenvalue weighted by molar-refractivity contribution is 6.31. The summed E-state index contributed by atoms with van der Waals surface area (Å²) >= 11 is 6.16. The third kappa shape index (κ3) is 2.86. The van der Waals surface area contributed by atoms with Gasteiger partial charge >= 0.3 is 0 Å². The van der Waals surface area contributed by atoms with Gasteiger partial charge in [-0.25, -0.2) is 0 Å². The minimum absolute atomic E-state index is 0.271. The van der Waals surface area contributed by atoms with Gasteiger partial charge in [-0.3, -0.25) is 9.59 Å². The van der Waals surface area contributed by atoms with Crippen LogP contribution in [0.4, 0.5) is 0 Å². The van der Waals surface area contributed by atoms with Crippen molar-refractivity contribution in [2.75, 3.05) is 6.54 Å². The lowest BCUT2D eigenvalue weighted by molar-refractivity contribution is -0.175. The molecule has 3 aromatic rings. The molecule has 2 amide bonds. The number of nitrogens with zero attached hydrogens (tertiary/aromatic N) is 2. The van der Waals surface area contributed by atoms with E-state index in [4.69, 9.17) is 22.1 Å². The van der Waals surface area contributed by atoms with E-state index in [0.717, 1.165) is 16.5 Å². The molecule has 3 heterocycles. The molecule has 1 fully saturated rings. The van der Waals surface area contributed by atoms with Crippen LogP contribution < -0.4 is 10.5 Å². The zero-order valence-electron chi connectivity index (χ0n) is 16.5. The van der Waals surface area contributed by atoms with E-state index in [2.05, 4.69) is 4.57 Å². The topological polar surface area (TPSA) is 77.6 Å². The largest absolute Gasteiger partial charge is 0.468 e. The highest BCUT2D eigenvalue weighted by Gasteiger charge is 2.55. The maximum atomic E-state index is 13.4. The number of fused-ring (bicyclic) bond motifs is 5. The summed E-state index contributed by atoms with van der Waals surface area (Å²) in [5.74, 6) is -1.32. The summed E-state index contributed by atoms with van der Waals surface area (Å²) < 4.78 is 8.36. The number of rotatable bonds is 4. The fourth-order valence-electron chi connectivity index (χ4n) is 4.94. The molecule has 154 valence electrons. The number of carbonyl (C=O) groups excluding carboxylic acids is 2. The lowest BCUT2D eigenvalue weighted by Crippen LogP contribution is -2.65. The third-order valence-corrected chi connectivity index (χ3v) is 6.59. The van der Waals surface area contributed by atoms with Gasteiger partial charge in [0.1, 0.15) is 11.7 Å². The molecule has 6 nitrogen and oxygen atoms in total. The van der Waals surface area contributed by atoms with Crippen LogP contribution in [-0.4, -0.2) is 33.6 Å². The lowest BCUT2D eigenvalue weighted by atomic mass is 9.73. The summed E-state index contributed by atoms with van der Waals surface area (Å²) in [7, 11) is 0. The number of carbonyl (C=O) groups is 2. The van der Waals surface area contributed by atoms with Crippen molar-refractivity contribution in [3.63, 3.8) is 0 Å². The Morgan fingerprint density at radius 3 is 2.83 bits per heavy atom. The second kappa shape index (κ2) is 6.77. The first kappa shape index (κ1) is 19.0. The first-order valence-corrected chi connectivity index (χ1v) is 10.4. The molecule has 0 aliphatic carbocycles. The molecule has 2 aromatic carbocycles. The Balaban J connectivity index is 1.49. The van der Waals surface area contributed by atoms with Crippen molar-refractivity contribution in [3.8, 4) is 5.75 Å². The summed E-state index contributed by atoms with van der Waals surface area (Å²) in [5, 5.41) is 1.74. The van der Waals surface area contributed by atoms with Gasteiger partial charge < -0.3 is 19.9 Å². The molecule has 0 radical (unpaired) electrons. The molecule has 0 unspecified atom stereocenters.